The van der Waals surface area contributed by atoms with Gasteiger partial charge in [0.2, 0.25) is 5.76 Å². The minimum absolute atomic E-state index is 0.0440. The molecule has 4 nitrogen and oxygen atoms in total. The molecule has 3 rings (SSSR count). The quantitative estimate of drug-likeness (QED) is 0.677. The average molecular weight is 348 g/mol. The minimum atomic E-state index is -1.14. The van der Waals surface area contributed by atoms with E-state index in [-0.39, 0.29) is 10.8 Å². The van der Waals surface area contributed by atoms with Crippen LogP contribution in [0.3, 0.4) is 0 Å². The first-order valence-electron chi connectivity index (χ1n) is 7.61. The lowest BCUT2D eigenvalue weighted by atomic mass is 10.0. The lowest BCUT2D eigenvalue weighted by Gasteiger charge is -2.07. The Balaban J connectivity index is 2.17. The Labute approximate surface area is 142 Å². The average Bonchev–Trinajstić information content (AvgIpc) is 2.99. The molecule has 2 aromatic heterocycles. The van der Waals surface area contributed by atoms with E-state index in [1.165, 1.54) is 18.2 Å². The SMILES string of the molecule is CCCCc1cc(-c2ccc(Cl)c(F)c2)nc2cc(C(=O)O)oc12. The topological polar surface area (TPSA) is 63.3 Å². The first-order chi connectivity index (χ1) is 11.5. The molecule has 1 aromatic carbocycles. The van der Waals surface area contributed by atoms with E-state index in [0.29, 0.717) is 22.4 Å². The van der Waals surface area contributed by atoms with Gasteiger partial charge in [0.15, 0.2) is 5.58 Å². The molecule has 0 aliphatic rings. The molecule has 24 heavy (non-hydrogen) atoms. The number of aryl methyl sites for hydroxylation is 1. The molecule has 0 saturated carbocycles. The first-order valence-corrected chi connectivity index (χ1v) is 7.99. The number of rotatable bonds is 5. The number of fused-ring (bicyclic) bond motifs is 1. The van der Waals surface area contributed by atoms with Crippen molar-refractivity contribution in [2.45, 2.75) is 26.2 Å². The molecule has 0 atom stereocenters. The van der Waals surface area contributed by atoms with Crippen LogP contribution in [-0.4, -0.2) is 16.1 Å². The van der Waals surface area contributed by atoms with Gasteiger partial charge >= 0.3 is 5.97 Å². The van der Waals surface area contributed by atoms with Crippen LogP contribution in [0.4, 0.5) is 4.39 Å². The standard InChI is InChI=1S/C18H15ClFNO3/c1-2-3-4-11-8-14(10-5-6-12(19)13(20)7-10)21-15-9-16(18(22)23)24-17(11)15/h5-9H,2-4H2,1H3,(H,22,23). The fraction of sp³-hybridized carbons (Fsp3) is 0.222. The Bertz CT molecular complexity index is 920. The molecule has 0 amide bonds. The highest BCUT2D eigenvalue weighted by Crippen LogP contribution is 2.30. The molecule has 2 heterocycles. The number of carbonyl (C=O) groups is 1. The van der Waals surface area contributed by atoms with Crippen LogP contribution in [0.5, 0.6) is 0 Å². The van der Waals surface area contributed by atoms with Gasteiger partial charge in [-0.1, -0.05) is 31.0 Å². The zero-order chi connectivity index (χ0) is 17.3. The van der Waals surface area contributed by atoms with Gasteiger partial charge < -0.3 is 9.52 Å². The number of benzene rings is 1. The molecule has 1 N–H and O–H groups in total. The first kappa shape index (κ1) is 16.5. The van der Waals surface area contributed by atoms with Gasteiger partial charge in [-0.05, 0) is 36.6 Å². The molecule has 124 valence electrons. The van der Waals surface area contributed by atoms with E-state index in [4.69, 9.17) is 21.1 Å². The number of aromatic carboxylic acids is 1. The van der Waals surface area contributed by atoms with Gasteiger partial charge in [-0.3, -0.25) is 0 Å². The second-order valence-corrected chi connectivity index (χ2v) is 5.94. The number of pyridine rings is 1. The molecule has 0 bridgehead atoms. The predicted molar refractivity (Wildman–Crippen MR) is 90.0 cm³/mol. The van der Waals surface area contributed by atoms with Crippen molar-refractivity contribution in [1.82, 2.24) is 4.98 Å². The summed E-state index contributed by atoms with van der Waals surface area (Å²) in [5.74, 6) is -1.83. The Morgan fingerprint density at radius 1 is 1.33 bits per heavy atom. The maximum atomic E-state index is 13.7. The summed E-state index contributed by atoms with van der Waals surface area (Å²) >= 11 is 5.73. The van der Waals surface area contributed by atoms with E-state index in [1.54, 1.807) is 6.07 Å². The summed E-state index contributed by atoms with van der Waals surface area (Å²) in [4.78, 5) is 15.6. The maximum Gasteiger partial charge on any atom is 0.371 e. The summed E-state index contributed by atoms with van der Waals surface area (Å²) in [7, 11) is 0. The third kappa shape index (κ3) is 3.12. The molecule has 0 fully saturated rings. The number of carboxylic acid groups (broad SMARTS) is 1. The Morgan fingerprint density at radius 3 is 2.79 bits per heavy atom. The number of unbranched alkanes of at least 4 members (excludes halogenated alkanes) is 1. The van der Waals surface area contributed by atoms with Crippen LogP contribution >= 0.6 is 11.6 Å². The zero-order valence-electron chi connectivity index (χ0n) is 13.0. The van der Waals surface area contributed by atoms with Crippen molar-refractivity contribution in [2.24, 2.45) is 0 Å². The van der Waals surface area contributed by atoms with Crippen molar-refractivity contribution < 1.29 is 18.7 Å². The summed E-state index contributed by atoms with van der Waals surface area (Å²) < 4.78 is 19.2. The van der Waals surface area contributed by atoms with Crippen molar-refractivity contribution in [1.29, 1.82) is 0 Å². The van der Waals surface area contributed by atoms with E-state index in [9.17, 15) is 9.18 Å². The molecule has 0 aliphatic heterocycles. The third-order valence-electron chi connectivity index (χ3n) is 3.78. The van der Waals surface area contributed by atoms with Gasteiger partial charge in [0.05, 0.1) is 10.7 Å². The van der Waals surface area contributed by atoms with Gasteiger partial charge in [0, 0.05) is 11.6 Å². The van der Waals surface area contributed by atoms with Gasteiger partial charge in [0.25, 0.3) is 0 Å². The molecular formula is C18H15ClFNO3. The van der Waals surface area contributed by atoms with Crippen molar-refractivity contribution in [2.75, 3.05) is 0 Å². The van der Waals surface area contributed by atoms with E-state index < -0.39 is 11.8 Å². The molecule has 0 unspecified atom stereocenters. The van der Waals surface area contributed by atoms with Crippen molar-refractivity contribution in [3.63, 3.8) is 0 Å². The second kappa shape index (κ2) is 6.61. The maximum absolute atomic E-state index is 13.7. The highest BCUT2D eigenvalue weighted by atomic mass is 35.5. The number of nitrogens with zero attached hydrogens (tertiary/aromatic N) is 1. The Morgan fingerprint density at radius 2 is 2.12 bits per heavy atom. The van der Waals surface area contributed by atoms with Gasteiger partial charge in [-0.2, -0.15) is 0 Å². The van der Waals surface area contributed by atoms with Crippen LogP contribution < -0.4 is 0 Å². The highest BCUT2D eigenvalue weighted by molar-refractivity contribution is 6.30. The van der Waals surface area contributed by atoms with Crippen LogP contribution in [0.2, 0.25) is 5.02 Å². The summed E-state index contributed by atoms with van der Waals surface area (Å²) in [6.45, 7) is 2.07. The summed E-state index contributed by atoms with van der Waals surface area (Å²) in [6, 6.07) is 7.68. The Kier molecular flexibility index (Phi) is 4.53. The summed E-state index contributed by atoms with van der Waals surface area (Å²) in [5, 5.41) is 9.16. The van der Waals surface area contributed by atoms with Crippen molar-refractivity contribution in [3.05, 3.63) is 52.5 Å². The number of carboxylic acids is 1. The van der Waals surface area contributed by atoms with Gasteiger partial charge in [-0.25, -0.2) is 14.2 Å². The third-order valence-corrected chi connectivity index (χ3v) is 4.09. The van der Waals surface area contributed by atoms with E-state index in [0.717, 1.165) is 24.8 Å². The van der Waals surface area contributed by atoms with E-state index in [2.05, 4.69) is 11.9 Å². The molecular weight excluding hydrogens is 333 g/mol. The zero-order valence-corrected chi connectivity index (χ0v) is 13.7. The molecule has 6 heteroatoms. The highest BCUT2D eigenvalue weighted by Gasteiger charge is 2.16. The van der Waals surface area contributed by atoms with Crippen LogP contribution in [0.15, 0.2) is 34.7 Å². The van der Waals surface area contributed by atoms with Crippen molar-refractivity contribution in [3.8, 4) is 11.3 Å². The normalized spacial score (nSPS) is 11.1. The lowest BCUT2D eigenvalue weighted by Crippen LogP contribution is -1.92. The lowest BCUT2D eigenvalue weighted by molar-refractivity contribution is 0.0665. The van der Waals surface area contributed by atoms with Crippen molar-refractivity contribution >= 4 is 28.7 Å². The number of furan rings is 1. The fourth-order valence-corrected chi connectivity index (χ4v) is 2.67. The minimum Gasteiger partial charge on any atom is -0.475 e. The largest absolute Gasteiger partial charge is 0.475 e. The molecule has 0 saturated heterocycles. The Hall–Kier alpha value is -2.40. The van der Waals surface area contributed by atoms with E-state index >= 15 is 0 Å². The smallest absolute Gasteiger partial charge is 0.371 e. The monoisotopic (exact) mass is 347 g/mol. The van der Waals surface area contributed by atoms with Gasteiger partial charge in [0.1, 0.15) is 11.3 Å². The van der Waals surface area contributed by atoms with Crippen LogP contribution in [0, 0.1) is 5.82 Å². The second-order valence-electron chi connectivity index (χ2n) is 5.53. The fourth-order valence-electron chi connectivity index (χ4n) is 2.55. The molecule has 0 aliphatic carbocycles. The number of hydrogen-bond acceptors (Lipinski definition) is 3. The molecule has 0 spiro atoms. The molecule has 3 aromatic rings. The molecule has 0 radical (unpaired) electrons. The van der Waals surface area contributed by atoms with Crippen LogP contribution in [0.1, 0.15) is 35.9 Å². The summed E-state index contributed by atoms with van der Waals surface area (Å²) in [6.07, 6.45) is 2.64. The number of halogens is 2. The van der Waals surface area contributed by atoms with E-state index in [1.807, 2.05) is 6.07 Å². The summed E-state index contributed by atoms with van der Waals surface area (Å²) in [5.41, 5.74) is 2.92. The number of aromatic nitrogens is 1. The van der Waals surface area contributed by atoms with Crippen LogP contribution in [0.25, 0.3) is 22.4 Å². The number of hydrogen-bond donors (Lipinski definition) is 1. The predicted octanol–water partition coefficient (Wildman–Crippen LogP) is 5.33. The van der Waals surface area contributed by atoms with Gasteiger partial charge in [-0.15, -0.1) is 0 Å². The van der Waals surface area contributed by atoms with Crippen LogP contribution in [-0.2, 0) is 6.42 Å².